The largest absolute Gasteiger partial charge is 0.356 e. The summed E-state index contributed by atoms with van der Waals surface area (Å²) in [4.78, 5) is 18.9. The van der Waals surface area contributed by atoms with Crippen LogP contribution in [-0.4, -0.2) is 55.0 Å². The molecule has 1 aromatic carbocycles. The topological polar surface area (TPSA) is 68.8 Å². The summed E-state index contributed by atoms with van der Waals surface area (Å²) in [7, 11) is 1.78. The van der Waals surface area contributed by atoms with Gasteiger partial charge in [0, 0.05) is 50.4 Å². The maximum atomic E-state index is 12.2. The van der Waals surface area contributed by atoms with E-state index in [1.807, 2.05) is 31.2 Å². The molecule has 0 aliphatic carbocycles. The van der Waals surface area contributed by atoms with Crippen molar-refractivity contribution in [1.29, 1.82) is 0 Å². The molecule has 0 spiro atoms. The van der Waals surface area contributed by atoms with Gasteiger partial charge in [0.25, 0.3) is 5.91 Å². The van der Waals surface area contributed by atoms with E-state index < -0.39 is 0 Å². The van der Waals surface area contributed by atoms with E-state index in [0.717, 1.165) is 37.5 Å². The first-order valence-corrected chi connectivity index (χ1v) is 10.9. The standard InChI is InChI=1S/C23H41N5O/c1-8-19(6)27-22(29)21-12-10-20(11-13-21)16-26-23(24-7)25-14-9-15-28(17(2)3)18(4)5/h10-13,17-19H,8-9,14-16H2,1-7H3,(H,27,29)(H2,24,25,26). The number of aliphatic imine (C=N–C) groups is 1. The highest BCUT2D eigenvalue weighted by molar-refractivity contribution is 5.94. The fraction of sp³-hybridized carbons (Fsp3) is 0.652. The van der Waals surface area contributed by atoms with Crippen molar-refractivity contribution < 1.29 is 4.79 Å². The number of amides is 1. The molecule has 3 N–H and O–H groups in total. The van der Waals surface area contributed by atoms with Gasteiger partial charge in [0.2, 0.25) is 0 Å². The first-order chi connectivity index (χ1) is 13.8. The minimum atomic E-state index is -0.0202. The van der Waals surface area contributed by atoms with Crippen LogP contribution in [0.25, 0.3) is 0 Å². The number of hydrogen-bond donors (Lipinski definition) is 3. The summed E-state index contributed by atoms with van der Waals surface area (Å²) in [6, 6.07) is 9.01. The molecule has 0 saturated heterocycles. The lowest BCUT2D eigenvalue weighted by molar-refractivity contribution is 0.0939. The molecule has 6 nitrogen and oxygen atoms in total. The lowest BCUT2D eigenvalue weighted by Gasteiger charge is -2.30. The molecule has 0 fully saturated rings. The highest BCUT2D eigenvalue weighted by Crippen LogP contribution is 2.06. The van der Waals surface area contributed by atoms with Crippen LogP contribution in [0.15, 0.2) is 29.3 Å². The summed E-state index contributed by atoms with van der Waals surface area (Å²) in [5.74, 6) is 0.775. The van der Waals surface area contributed by atoms with Crippen LogP contribution < -0.4 is 16.0 Å². The molecule has 1 aromatic rings. The Labute approximate surface area is 177 Å². The molecular weight excluding hydrogens is 362 g/mol. The molecular formula is C23H41N5O. The Morgan fingerprint density at radius 2 is 1.66 bits per heavy atom. The third-order valence-electron chi connectivity index (χ3n) is 5.10. The van der Waals surface area contributed by atoms with Crippen molar-refractivity contribution in [2.45, 2.75) is 79.1 Å². The molecule has 0 aliphatic heterocycles. The highest BCUT2D eigenvalue weighted by Gasteiger charge is 2.12. The summed E-state index contributed by atoms with van der Waals surface area (Å²) in [6.07, 6.45) is 1.99. The van der Waals surface area contributed by atoms with Gasteiger partial charge in [0.15, 0.2) is 5.96 Å². The van der Waals surface area contributed by atoms with E-state index in [-0.39, 0.29) is 11.9 Å². The van der Waals surface area contributed by atoms with Gasteiger partial charge in [-0.05, 0) is 65.2 Å². The number of nitrogens with zero attached hydrogens (tertiary/aromatic N) is 2. The van der Waals surface area contributed by atoms with Gasteiger partial charge >= 0.3 is 0 Å². The Kier molecular flexibility index (Phi) is 11.4. The number of carbonyl (C=O) groups is 1. The van der Waals surface area contributed by atoms with Crippen LogP contribution in [0.1, 0.15) is 70.3 Å². The fourth-order valence-corrected chi connectivity index (χ4v) is 3.17. The van der Waals surface area contributed by atoms with E-state index in [1.165, 1.54) is 0 Å². The van der Waals surface area contributed by atoms with E-state index in [2.05, 4.69) is 60.5 Å². The average Bonchev–Trinajstić information content (AvgIpc) is 2.69. The molecule has 1 amide bonds. The van der Waals surface area contributed by atoms with Crippen molar-refractivity contribution in [3.63, 3.8) is 0 Å². The van der Waals surface area contributed by atoms with Crippen LogP contribution in [-0.2, 0) is 6.54 Å². The van der Waals surface area contributed by atoms with Gasteiger partial charge in [-0.3, -0.25) is 14.7 Å². The second-order valence-electron chi connectivity index (χ2n) is 8.11. The van der Waals surface area contributed by atoms with E-state index in [1.54, 1.807) is 7.05 Å². The normalized spacial score (nSPS) is 13.1. The Bertz CT molecular complexity index is 617. The molecule has 0 saturated carbocycles. The summed E-state index contributed by atoms with van der Waals surface area (Å²) in [5, 5.41) is 9.70. The molecule has 0 aromatic heterocycles. The Morgan fingerprint density at radius 3 is 2.17 bits per heavy atom. The summed E-state index contributed by atoms with van der Waals surface area (Å²) >= 11 is 0. The molecule has 6 heteroatoms. The molecule has 0 bridgehead atoms. The Hall–Kier alpha value is -2.08. The third kappa shape index (κ3) is 9.31. The van der Waals surface area contributed by atoms with E-state index in [0.29, 0.717) is 24.2 Å². The third-order valence-corrected chi connectivity index (χ3v) is 5.10. The van der Waals surface area contributed by atoms with Crippen LogP contribution in [0.4, 0.5) is 0 Å². The van der Waals surface area contributed by atoms with Crippen molar-refractivity contribution in [2.24, 2.45) is 4.99 Å². The van der Waals surface area contributed by atoms with Gasteiger partial charge in [0.05, 0.1) is 0 Å². The lowest BCUT2D eigenvalue weighted by atomic mass is 10.1. The minimum absolute atomic E-state index is 0.0202. The summed E-state index contributed by atoms with van der Waals surface area (Å²) in [6.45, 7) is 15.7. The fourth-order valence-electron chi connectivity index (χ4n) is 3.17. The van der Waals surface area contributed by atoms with Gasteiger partial charge in [-0.2, -0.15) is 0 Å². The van der Waals surface area contributed by atoms with Gasteiger partial charge in [-0.1, -0.05) is 19.1 Å². The zero-order chi connectivity index (χ0) is 21.8. The van der Waals surface area contributed by atoms with Gasteiger partial charge in [-0.25, -0.2) is 0 Å². The van der Waals surface area contributed by atoms with Crippen LogP contribution in [0.5, 0.6) is 0 Å². The van der Waals surface area contributed by atoms with Crippen molar-refractivity contribution >= 4 is 11.9 Å². The summed E-state index contributed by atoms with van der Waals surface area (Å²) in [5.41, 5.74) is 1.80. The first-order valence-electron chi connectivity index (χ1n) is 10.9. The Morgan fingerprint density at radius 1 is 1.03 bits per heavy atom. The van der Waals surface area contributed by atoms with Crippen LogP contribution in [0, 0.1) is 0 Å². The SMILES string of the molecule is CCC(C)NC(=O)c1ccc(CNC(=NC)NCCCN(C(C)C)C(C)C)cc1. The van der Waals surface area contributed by atoms with Crippen molar-refractivity contribution in [1.82, 2.24) is 20.9 Å². The molecule has 1 atom stereocenters. The molecule has 1 unspecified atom stereocenters. The zero-order valence-corrected chi connectivity index (χ0v) is 19.4. The van der Waals surface area contributed by atoms with Crippen LogP contribution >= 0.6 is 0 Å². The van der Waals surface area contributed by atoms with Crippen molar-refractivity contribution in [2.75, 3.05) is 20.1 Å². The van der Waals surface area contributed by atoms with Crippen molar-refractivity contribution in [3.05, 3.63) is 35.4 Å². The van der Waals surface area contributed by atoms with Gasteiger partial charge in [0.1, 0.15) is 0 Å². The van der Waals surface area contributed by atoms with E-state index >= 15 is 0 Å². The highest BCUT2D eigenvalue weighted by atomic mass is 16.1. The molecule has 0 aliphatic rings. The quantitative estimate of drug-likeness (QED) is 0.301. The monoisotopic (exact) mass is 403 g/mol. The van der Waals surface area contributed by atoms with Gasteiger partial charge < -0.3 is 16.0 Å². The molecule has 0 heterocycles. The van der Waals surface area contributed by atoms with Crippen LogP contribution in [0.3, 0.4) is 0 Å². The van der Waals surface area contributed by atoms with E-state index in [4.69, 9.17) is 0 Å². The van der Waals surface area contributed by atoms with Gasteiger partial charge in [-0.15, -0.1) is 0 Å². The number of nitrogens with one attached hydrogen (secondary N) is 3. The predicted octanol–water partition coefficient (Wildman–Crippen LogP) is 3.39. The molecule has 29 heavy (non-hydrogen) atoms. The molecule has 1 rings (SSSR count). The lowest BCUT2D eigenvalue weighted by Crippen LogP contribution is -2.41. The van der Waals surface area contributed by atoms with Crippen molar-refractivity contribution in [3.8, 4) is 0 Å². The number of rotatable bonds is 11. The molecule has 164 valence electrons. The number of guanidine groups is 1. The second-order valence-corrected chi connectivity index (χ2v) is 8.11. The molecule has 0 radical (unpaired) electrons. The number of hydrogen-bond acceptors (Lipinski definition) is 3. The Balaban J connectivity index is 2.42. The maximum absolute atomic E-state index is 12.2. The first kappa shape index (κ1) is 25.0. The average molecular weight is 404 g/mol. The smallest absolute Gasteiger partial charge is 0.251 e. The predicted molar refractivity (Wildman–Crippen MR) is 123 cm³/mol. The second kappa shape index (κ2) is 13.2. The minimum Gasteiger partial charge on any atom is -0.356 e. The van der Waals surface area contributed by atoms with Crippen LogP contribution in [0.2, 0.25) is 0 Å². The zero-order valence-electron chi connectivity index (χ0n) is 19.4. The summed E-state index contributed by atoms with van der Waals surface area (Å²) < 4.78 is 0. The maximum Gasteiger partial charge on any atom is 0.251 e. The number of benzene rings is 1. The van der Waals surface area contributed by atoms with E-state index in [9.17, 15) is 4.79 Å². The number of carbonyl (C=O) groups excluding carboxylic acids is 1.